The van der Waals surface area contributed by atoms with Crippen LogP contribution in [0.1, 0.15) is 124 Å². The third kappa shape index (κ3) is 13.9. The monoisotopic (exact) mass is 571 g/mol. The summed E-state index contributed by atoms with van der Waals surface area (Å²) in [5.41, 5.74) is 2.62. The van der Waals surface area contributed by atoms with Crippen molar-refractivity contribution in [3.05, 3.63) is 42.3 Å². The Kier molecular flexibility index (Phi) is 20.8. The number of ether oxygens (including phenoxy) is 1. The molecule has 2 aliphatic rings. The van der Waals surface area contributed by atoms with E-state index >= 15 is 0 Å². The lowest BCUT2D eigenvalue weighted by Gasteiger charge is -2.43. The third-order valence-electron chi connectivity index (χ3n) is 8.22. The molecular weight excluding hydrogens is 504 g/mol. The molecule has 1 aliphatic carbocycles. The predicted molar refractivity (Wildman–Crippen MR) is 180 cm³/mol. The Labute approximate surface area is 255 Å². The normalized spacial score (nSPS) is 17.3. The molecule has 1 aromatic rings. The Hall–Kier alpha value is -1.72. The van der Waals surface area contributed by atoms with Gasteiger partial charge in [0.25, 0.3) is 0 Å². The van der Waals surface area contributed by atoms with Crippen molar-refractivity contribution in [1.29, 1.82) is 0 Å². The van der Waals surface area contributed by atoms with Crippen molar-refractivity contribution in [3.8, 4) is 0 Å². The summed E-state index contributed by atoms with van der Waals surface area (Å²) in [5, 5.41) is 0. The minimum absolute atomic E-state index is 0.256. The third-order valence-corrected chi connectivity index (χ3v) is 8.22. The maximum absolute atomic E-state index is 5.93. The largest absolute Gasteiger partial charge is 0.374 e. The molecule has 2 fully saturated rings. The van der Waals surface area contributed by atoms with Crippen molar-refractivity contribution in [2.45, 2.75) is 138 Å². The summed E-state index contributed by atoms with van der Waals surface area (Å²) in [6.45, 7) is 26.6. The first-order valence-electron chi connectivity index (χ1n) is 17.2. The smallest absolute Gasteiger partial charge is 0.225 e. The van der Waals surface area contributed by atoms with Gasteiger partial charge in [-0.2, -0.15) is 0 Å². The van der Waals surface area contributed by atoms with Gasteiger partial charge in [-0.05, 0) is 62.3 Å². The summed E-state index contributed by atoms with van der Waals surface area (Å²) in [6.07, 6.45) is 22.0. The average molecular weight is 571 g/mol. The number of aromatic nitrogens is 2. The molecule has 2 heterocycles. The zero-order valence-electron chi connectivity index (χ0n) is 28.3. The van der Waals surface area contributed by atoms with Crippen LogP contribution in [0.2, 0.25) is 0 Å². The summed E-state index contributed by atoms with van der Waals surface area (Å²) >= 11 is 0. The van der Waals surface area contributed by atoms with E-state index in [4.69, 9.17) is 9.72 Å². The van der Waals surface area contributed by atoms with Crippen LogP contribution in [0.3, 0.4) is 0 Å². The van der Waals surface area contributed by atoms with Gasteiger partial charge in [-0.15, -0.1) is 6.58 Å². The molecular formula is C36H66N4O. The highest BCUT2D eigenvalue weighted by Crippen LogP contribution is 2.26. The number of anilines is 1. The molecule has 1 aliphatic heterocycles. The molecule has 2 atom stereocenters. The van der Waals surface area contributed by atoms with Crippen molar-refractivity contribution in [2.75, 3.05) is 37.7 Å². The molecule has 41 heavy (non-hydrogen) atoms. The first-order chi connectivity index (χ1) is 20.0. The van der Waals surface area contributed by atoms with E-state index in [0.29, 0.717) is 11.8 Å². The average Bonchev–Trinajstić information content (AvgIpc) is 2.96. The number of hydrogen-bond donors (Lipinski definition) is 0. The number of piperazine rings is 1. The zero-order valence-corrected chi connectivity index (χ0v) is 28.3. The molecule has 0 N–H and O–H groups in total. The first kappa shape index (κ1) is 37.3. The fourth-order valence-electron chi connectivity index (χ4n) is 5.33. The van der Waals surface area contributed by atoms with Crippen LogP contribution < -0.4 is 4.90 Å². The van der Waals surface area contributed by atoms with Crippen LogP contribution in [0.5, 0.6) is 0 Å². The minimum atomic E-state index is 0.256. The second kappa shape index (κ2) is 22.8. The number of rotatable bonds is 16. The minimum Gasteiger partial charge on any atom is -0.374 e. The van der Waals surface area contributed by atoms with Gasteiger partial charge in [0.05, 0.1) is 6.10 Å². The molecule has 0 radical (unpaired) electrons. The SMILES string of the molecule is C=CC(CC(/C=C\CC)OCCCC)C(C)C.CC.CCCc1cnc(N2CCN(C3CCC3)CC2)nc1CCC. The first-order valence-corrected chi connectivity index (χ1v) is 17.2. The topological polar surface area (TPSA) is 41.5 Å². The maximum Gasteiger partial charge on any atom is 0.225 e. The Morgan fingerprint density at radius 1 is 1.00 bits per heavy atom. The van der Waals surface area contributed by atoms with Gasteiger partial charge in [0.1, 0.15) is 0 Å². The van der Waals surface area contributed by atoms with Crippen molar-refractivity contribution < 1.29 is 4.74 Å². The lowest BCUT2D eigenvalue weighted by Crippen LogP contribution is -2.52. The molecule has 0 amide bonds. The van der Waals surface area contributed by atoms with Crippen LogP contribution >= 0.6 is 0 Å². The second-order valence-corrected chi connectivity index (χ2v) is 11.7. The number of aryl methyl sites for hydroxylation is 2. The molecule has 0 aromatic carbocycles. The van der Waals surface area contributed by atoms with Gasteiger partial charge in [0.15, 0.2) is 0 Å². The van der Waals surface area contributed by atoms with Gasteiger partial charge in [-0.25, -0.2) is 9.97 Å². The van der Waals surface area contributed by atoms with Crippen molar-refractivity contribution >= 4 is 5.95 Å². The van der Waals surface area contributed by atoms with Gasteiger partial charge < -0.3 is 9.64 Å². The molecule has 5 nitrogen and oxygen atoms in total. The van der Waals surface area contributed by atoms with E-state index in [1.54, 1.807) is 0 Å². The highest BCUT2D eigenvalue weighted by Gasteiger charge is 2.28. The molecule has 3 rings (SSSR count). The van der Waals surface area contributed by atoms with Crippen LogP contribution in [-0.2, 0) is 17.6 Å². The van der Waals surface area contributed by atoms with E-state index < -0.39 is 0 Å². The number of hydrogen-bond acceptors (Lipinski definition) is 5. The van der Waals surface area contributed by atoms with E-state index in [2.05, 4.69) is 87.3 Å². The van der Waals surface area contributed by atoms with E-state index in [0.717, 1.165) is 70.2 Å². The number of allylic oxidation sites excluding steroid dienone is 2. The number of unbranched alkanes of at least 4 members (excludes halogenated alkanes) is 1. The van der Waals surface area contributed by atoms with Crippen molar-refractivity contribution in [1.82, 2.24) is 14.9 Å². The summed E-state index contributed by atoms with van der Waals surface area (Å²) in [5.74, 6) is 2.14. The quantitative estimate of drug-likeness (QED) is 0.146. The Morgan fingerprint density at radius 3 is 2.20 bits per heavy atom. The molecule has 1 aromatic heterocycles. The van der Waals surface area contributed by atoms with Crippen molar-refractivity contribution in [2.24, 2.45) is 11.8 Å². The molecule has 236 valence electrons. The van der Waals surface area contributed by atoms with Gasteiger partial charge >= 0.3 is 0 Å². The van der Waals surface area contributed by atoms with Crippen molar-refractivity contribution in [3.63, 3.8) is 0 Å². The van der Waals surface area contributed by atoms with Crippen LogP contribution in [0.15, 0.2) is 31.0 Å². The standard InChI is InChI=1S/C18H30N4.C16H30O.C2H6/c1-3-6-15-14-19-18(20-17(15)7-4-2)22-12-10-21(11-13-22)16-8-5-9-16;1-6-9-11-16(17-12-10-7-2)13-15(8-3)14(4)5;1-2/h14,16H,3-13H2,1-2H3;8-9,11,14-16H,3,6-7,10,12-13H2,1-2,4-5H3;1-2H3/b;11-9-;. The van der Waals surface area contributed by atoms with Crippen LogP contribution in [0, 0.1) is 11.8 Å². The number of nitrogens with zero attached hydrogens (tertiary/aromatic N) is 4. The van der Waals surface area contributed by atoms with Gasteiger partial charge in [-0.3, -0.25) is 4.90 Å². The van der Waals surface area contributed by atoms with E-state index in [1.807, 2.05) is 13.8 Å². The summed E-state index contributed by atoms with van der Waals surface area (Å²) < 4.78 is 5.93. The van der Waals surface area contributed by atoms with Gasteiger partial charge in [0.2, 0.25) is 5.95 Å². The van der Waals surface area contributed by atoms with Crippen LogP contribution in [-0.4, -0.2) is 59.8 Å². The zero-order chi connectivity index (χ0) is 30.5. The maximum atomic E-state index is 5.93. The fraction of sp³-hybridized carbons (Fsp3) is 0.778. The second-order valence-electron chi connectivity index (χ2n) is 11.7. The Balaban J connectivity index is 0.000000401. The lowest BCUT2D eigenvalue weighted by molar-refractivity contribution is 0.0656. The molecule has 5 heteroatoms. The molecule has 1 saturated carbocycles. The molecule has 0 bridgehead atoms. The fourth-order valence-corrected chi connectivity index (χ4v) is 5.33. The molecule has 2 unspecified atom stereocenters. The summed E-state index contributed by atoms with van der Waals surface area (Å²) in [6, 6.07) is 0.866. The van der Waals surface area contributed by atoms with Gasteiger partial charge in [-0.1, -0.05) is 99.3 Å². The summed E-state index contributed by atoms with van der Waals surface area (Å²) in [7, 11) is 0. The van der Waals surface area contributed by atoms with E-state index in [-0.39, 0.29) is 6.10 Å². The van der Waals surface area contributed by atoms with Gasteiger partial charge in [0, 0.05) is 50.7 Å². The van der Waals surface area contributed by atoms with Crippen LogP contribution in [0.25, 0.3) is 0 Å². The predicted octanol–water partition coefficient (Wildman–Crippen LogP) is 9.07. The highest BCUT2D eigenvalue weighted by atomic mass is 16.5. The van der Waals surface area contributed by atoms with E-state index in [9.17, 15) is 0 Å². The summed E-state index contributed by atoms with van der Waals surface area (Å²) in [4.78, 5) is 14.6. The Morgan fingerprint density at radius 2 is 1.68 bits per heavy atom. The molecule has 0 spiro atoms. The lowest BCUT2D eigenvalue weighted by atomic mass is 9.90. The van der Waals surface area contributed by atoms with Crippen LogP contribution in [0.4, 0.5) is 5.95 Å². The highest BCUT2D eigenvalue weighted by molar-refractivity contribution is 5.34. The molecule has 1 saturated heterocycles. The van der Waals surface area contributed by atoms with E-state index in [1.165, 1.54) is 56.5 Å². The Bertz CT molecular complexity index is 812.